The Morgan fingerprint density at radius 1 is 1.54 bits per heavy atom. The first-order chi connectivity index (χ1) is 5.65. The van der Waals surface area contributed by atoms with Gasteiger partial charge in [0.2, 0.25) is 0 Å². The number of hydrogen-bond acceptors (Lipinski definition) is 4. The van der Waals surface area contributed by atoms with Gasteiger partial charge in [-0.05, 0) is 18.4 Å². The van der Waals surface area contributed by atoms with Gasteiger partial charge in [0.25, 0.3) is 5.69 Å². The van der Waals surface area contributed by atoms with Crippen molar-refractivity contribution in [2.45, 2.75) is 9.79 Å². The van der Waals surface area contributed by atoms with E-state index in [0.29, 0.717) is 4.90 Å². The second kappa shape index (κ2) is 5.93. The van der Waals surface area contributed by atoms with Crippen LogP contribution < -0.4 is 0 Å². The van der Waals surface area contributed by atoms with Gasteiger partial charge < -0.3 is 0 Å². The van der Waals surface area contributed by atoms with Crippen molar-refractivity contribution >= 4 is 59.6 Å². The SMILES string of the molecule is CSc1ccc(S)c([N+](=O)[O-])c1.[NaH]. The van der Waals surface area contributed by atoms with Crippen molar-refractivity contribution in [1.82, 2.24) is 0 Å². The topological polar surface area (TPSA) is 43.1 Å². The summed E-state index contributed by atoms with van der Waals surface area (Å²) in [5.41, 5.74) is 0.0604. The van der Waals surface area contributed by atoms with Crippen molar-refractivity contribution < 1.29 is 4.92 Å². The van der Waals surface area contributed by atoms with Crippen LogP contribution in [0.2, 0.25) is 0 Å². The molecule has 0 radical (unpaired) electrons. The summed E-state index contributed by atoms with van der Waals surface area (Å²) in [5.74, 6) is 0. The molecule has 0 N–H and O–H groups in total. The van der Waals surface area contributed by atoms with Gasteiger partial charge in [0, 0.05) is 11.0 Å². The van der Waals surface area contributed by atoms with Gasteiger partial charge in [-0.2, -0.15) is 0 Å². The minimum absolute atomic E-state index is 0. The van der Waals surface area contributed by atoms with Crippen LogP contribution in [0.1, 0.15) is 0 Å². The fourth-order valence-electron chi connectivity index (χ4n) is 0.776. The molecule has 1 aromatic carbocycles. The summed E-state index contributed by atoms with van der Waals surface area (Å²) < 4.78 is 0. The number of nitrogens with zero attached hydrogens (tertiary/aromatic N) is 1. The number of thioether (sulfide) groups is 1. The van der Waals surface area contributed by atoms with Crippen LogP contribution in [0.4, 0.5) is 5.69 Å². The summed E-state index contributed by atoms with van der Waals surface area (Å²) in [6.07, 6.45) is 1.87. The summed E-state index contributed by atoms with van der Waals surface area (Å²) in [7, 11) is 0. The van der Waals surface area contributed by atoms with Crippen molar-refractivity contribution in [3.8, 4) is 0 Å². The average Bonchev–Trinajstić information content (AvgIpc) is 2.05. The molecule has 0 spiro atoms. The first-order valence-corrected chi connectivity index (χ1v) is 4.83. The minimum atomic E-state index is -0.429. The van der Waals surface area contributed by atoms with Crippen molar-refractivity contribution in [1.29, 1.82) is 0 Å². The number of thiol groups is 1. The second-order valence-corrected chi connectivity index (χ2v) is 3.47. The molecule has 0 atom stereocenters. The van der Waals surface area contributed by atoms with Gasteiger partial charge in [-0.25, -0.2) is 0 Å². The Morgan fingerprint density at radius 2 is 2.15 bits per heavy atom. The van der Waals surface area contributed by atoms with Crippen LogP contribution in [0.5, 0.6) is 0 Å². The van der Waals surface area contributed by atoms with E-state index in [1.165, 1.54) is 17.8 Å². The summed E-state index contributed by atoms with van der Waals surface area (Å²) in [4.78, 5) is 11.3. The van der Waals surface area contributed by atoms with Crippen LogP contribution >= 0.6 is 24.4 Å². The van der Waals surface area contributed by atoms with Gasteiger partial charge in [-0.3, -0.25) is 10.1 Å². The Kier molecular flexibility index (Phi) is 6.07. The van der Waals surface area contributed by atoms with Crippen LogP contribution in [-0.2, 0) is 0 Å². The van der Waals surface area contributed by atoms with Crippen LogP contribution in [-0.4, -0.2) is 40.7 Å². The van der Waals surface area contributed by atoms with Gasteiger partial charge in [0.05, 0.1) is 9.82 Å². The van der Waals surface area contributed by atoms with Gasteiger partial charge in [0.15, 0.2) is 0 Å². The molecule has 0 aliphatic carbocycles. The molecule has 3 nitrogen and oxygen atoms in total. The summed E-state index contributed by atoms with van der Waals surface area (Å²) in [6, 6.07) is 4.96. The third-order valence-corrected chi connectivity index (χ3v) is 2.48. The van der Waals surface area contributed by atoms with E-state index < -0.39 is 4.92 Å². The van der Waals surface area contributed by atoms with E-state index in [1.54, 1.807) is 12.1 Å². The normalized spacial score (nSPS) is 9.08. The number of hydrogen-bond donors (Lipinski definition) is 1. The van der Waals surface area contributed by atoms with Gasteiger partial charge in [-0.1, -0.05) is 0 Å². The van der Waals surface area contributed by atoms with E-state index in [2.05, 4.69) is 12.6 Å². The van der Waals surface area contributed by atoms with Crippen molar-refractivity contribution in [3.63, 3.8) is 0 Å². The predicted molar refractivity (Wildman–Crippen MR) is 59.3 cm³/mol. The Hall–Kier alpha value is 0.320. The second-order valence-electron chi connectivity index (χ2n) is 2.11. The molecule has 6 heteroatoms. The van der Waals surface area contributed by atoms with Gasteiger partial charge in [-0.15, -0.1) is 24.4 Å². The van der Waals surface area contributed by atoms with E-state index in [-0.39, 0.29) is 35.2 Å². The first kappa shape index (κ1) is 13.3. The van der Waals surface area contributed by atoms with Crippen LogP contribution in [0.15, 0.2) is 28.0 Å². The molecule has 0 amide bonds. The summed E-state index contributed by atoms with van der Waals surface area (Å²) >= 11 is 5.44. The molecular formula is C7H8NNaO2S2. The van der Waals surface area contributed by atoms with Gasteiger partial charge >= 0.3 is 29.6 Å². The molecule has 0 aliphatic heterocycles. The number of nitro groups is 1. The van der Waals surface area contributed by atoms with E-state index in [9.17, 15) is 10.1 Å². The molecule has 66 valence electrons. The zero-order valence-corrected chi connectivity index (χ0v) is 8.06. The van der Waals surface area contributed by atoms with Gasteiger partial charge in [0.1, 0.15) is 0 Å². The summed E-state index contributed by atoms with van der Waals surface area (Å²) in [5, 5.41) is 10.4. The van der Waals surface area contributed by atoms with E-state index >= 15 is 0 Å². The molecule has 1 aromatic rings. The number of benzene rings is 1. The maximum atomic E-state index is 10.4. The number of rotatable bonds is 2. The Balaban J connectivity index is 0.00000144. The van der Waals surface area contributed by atoms with Crippen molar-refractivity contribution in [2.24, 2.45) is 0 Å². The van der Waals surface area contributed by atoms with E-state index in [1.807, 2.05) is 6.26 Å². The zero-order chi connectivity index (χ0) is 9.14. The van der Waals surface area contributed by atoms with Crippen LogP contribution in [0.25, 0.3) is 0 Å². The first-order valence-electron chi connectivity index (χ1n) is 3.16. The molecule has 0 fully saturated rings. The Bertz CT molecular complexity index is 319. The molecule has 0 bridgehead atoms. The molecule has 1 rings (SSSR count). The average molecular weight is 225 g/mol. The van der Waals surface area contributed by atoms with E-state index in [0.717, 1.165) is 4.90 Å². The van der Waals surface area contributed by atoms with Crippen LogP contribution in [0, 0.1) is 10.1 Å². The quantitative estimate of drug-likeness (QED) is 0.275. The monoisotopic (exact) mass is 225 g/mol. The standard InChI is InChI=1S/C7H7NO2S2.Na.H/c1-12-5-2-3-7(11)6(4-5)8(9)10;;/h2-4,11H,1H3;;. The molecule has 13 heavy (non-hydrogen) atoms. The molecule has 0 saturated carbocycles. The fraction of sp³-hybridized carbons (Fsp3) is 0.143. The molecule has 0 aromatic heterocycles. The van der Waals surface area contributed by atoms with E-state index in [4.69, 9.17) is 0 Å². The number of nitro benzene ring substituents is 1. The maximum absolute atomic E-state index is 10.4. The van der Waals surface area contributed by atoms with Crippen LogP contribution in [0.3, 0.4) is 0 Å². The molecule has 0 heterocycles. The van der Waals surface area contributed by atoms with Crippen molar-refractivity contribution in [2.75, 3.05) is 6.26 Å². The third-order valence-electron chi connectivity index (χ3n) is 1.38. The molecule has 0 unspecified atom stereocenters. The Labute approximate surface area is 108 Å². The Morgan fingerprint density at radius 3 is 2.62 bits per heavy atom. The molecule has 0 aliphatic rings. The molecular weight excluding hydrogens is 217 g/mol. The predicted octanol–water partition coefficient (Wildman–Crippen LogP) is 1.96. The third kappa shape index (κ3) is 3.52. The zero-order valence-electron chi connectivity index (χ0n) is 6.35. The van der Waals surface area contributed by atoms with Crippen molar-refractivity contribution in [3.05, 3.63) is 28.3 Å². The summed E-state index contributed by atoms with van der Waals surface area (Å²) in [6.45, 7) is 0. The fourth-order valence-corrected chi connectivity index (χ4v) is 1.43. The molecule has 0 saturated heterocycles.